The third kappa shape index (κ3) is 4.11. The molecule has 1 saturated heterocycles. The Bertz CT molecular complexity index is 1250. The van der Waals surface area contributed by atoms with Gasteiger partial charge in [0.2, 0.25) is 0 Å². The maximum atomic E-state index is 13.1. The third-order valence-electron chi connectivity index (χ3n) is 6.10. The lowest BCUT2D eigenvalue weighted by atomic mass is 10.0. The van der Waals surface area contributed by atoms with Crippen LogP contribution in [-0.4, -0.2) is 36.9 Å². The van der Waals surface area contributed by atoms with Gasteiger partial charge in [0.05, 0.1) is 10.6 Å². The molecule has 1 aliphatic heterocycles. The average molecular weight is 462 g/mol. The predicted octanol–water partition coefficient (Wildman–Crippen LogP) is 5.69. The summed E-state index contributed by atoms with van der Waals surface area (Å²) in [7, 11) is 0. The summed E-state index contributed by atoms with van der Waals surface area (Å²) in [6, 6.07) is 22.0. The van der Waals surface area contributed by atoms with E-state index in [2.05, 4.69) is 52.3 Å². The molecule has 4 aromatic rings. The first-order valence-electron chi connectivity index (χ1n) is 10.7. The minimum absolute atomic E-state index is 0.0372. The minimum atomic E-state index is -0.0372. The van der Waals surface area contributed by atoms with E-state index in [0.29, 0.717) is 21.2 Å². The minimum Gasteiger partial charge on any atom is -0.390 e. The van der Waals surface area contributed by atoms with Gasteiger partial charge in [-0.25, -0.2) is 0 Å². The fraction of sp³-hybridized carbons (Fsp3) is 0.192. The smallest absolute Gasteiger partial charge is 0.196 e. The Labute approximate surface area is 196 Å². The Balaban J connectivity index is 1.30. The highest BCUT2D eigenvalue weighted by atomic mass is 35.5. The van der Waals surface area contributed by atoms with Crippen molar-refractivity contribution in [2.24, 2.45) is 0 Å². The van der Waals surface area contributed by atoms with E-state index < -0.39 is 0 Å². The maximum absolute atomic E-state index is 13.1. The van der Waals surface area contributed by atoms with E-state index in [9.17, 15) is 4.79 Å². The second kappa shape index (κ2) is 8.94. The lowest BCUT2D eigenvalue weighted by Gasteiger charge is -2.36. The molecule has 32 heavy (non-hydrogen) atoms. The van der Waals surface area contributed by atoms with Crippen LogP contribution in [0, 0.1) is 0 Å². The zero-order chi connectivity index (χ0) is 22.1. The van der Waals surface area contributed by atoms with E-state index in [1.54, 1.807) is 24.3 Å². The molecule has 2 N–H and O–H groups in total. The van der Waals surface area contributed by atoms with Crippen molar-refractivity contribution in [1.82, 2.24) is 4.90 Å². The van der Waals surface area contributed by atoms with Crippen LogP contribution in [0.5, 0.6) is 0 Å². The fourth-order valence-corrected chi connectivity index (χ4v) is 5.33. The number of nitrogens with two attached hydrogens (primary N) is 1. The molecule has 0 saturated carbocycles. The largest absolute Gasteiger partial charge is 0.390 e. The molecular formula is C26H24ClN3OS. The number of fused-ring (bicyclic) bond motifs is 1. The fourth-order valence-electron chi connectivity index (χ4n) is 4.40. The second-order valence-corrected chi connectivity index (χ2v) is 9.45. The molecule has 6 heteroatoms. The van der Waals surface area contributed by atoms with Gasteiger partial charge in [-0.15, -0.1) is 11.3 Å². The van der Waals surface area contributed by atoms with E-state index in [4.69, 9.17) is 17.3 Å². The number of hydrogen-bond donors (Lipinski definition) is 1. The summed E-state index contributed by atoms with van der Waals surface area (Å²) in [5.74, 6) is -0.0372. The topological polar surface area (TPSA) is 49.6 Å². The molecule has 162 valence electrons. The van der Waals surface area contributed by atoms with Crippen molar-refractivity contribution < 1.29 is 4.79 Å². The summed E-state index contributed by atoms with van der Waals surface area (Å²) in [5.41, 5.74) is 9.75. The van der Waals surface area contributed by atoms with E-state index in [0.717, 1.165) is 38.3 Å². The normalized spacial score (nSPS) is 14.7. The zero-order valence-corrected chi connectivity index (χ0v) is 19.2. The number of piperazine rings is 1. The number of anilines is 2. The van der Waals surface area contributed by atoms with Crippen molar-refractivity contribution in [1.29, 1.82) is 0 Å². The first-order chi connectivity index (χ1) is 15.6. The third-order valence-corrected chi connectivity index (χ3v) is 7.22. The lowest BCUT2D eigenvalue weighted by Crippen LogP contribution is -2.46. The van der Waals surface area contributed by atoms with Crippen molar-refractivity contribution in [2.75, 3.05) is 36.8 Å². The average Bonchev–Trinajstić information content (AvgIpc) is 3.19. The summed E-state index contributed by atoms with van der Waals surface area (Å²) < 4.78 is 0. The Kier molecular flexibility index (Phi) is 5.87. The molecule has 1 aromatic heterocycles. The van der Waals surface area contributed by atoms with E-state index in [1.807, 2.05) is 5.38 Å². The first-order valence-corrected chi connectivity index (χ1v) is 12.0. The molecule has 0 unspecified atom stereocenters. The van der Waals surface area contributed by atoms with Crippen molar-refractivity contribution in [3.8, 4) is 0 Å². The van der Waals surface area contributed by atoms with Crippen molar-refractivity contribution in [3.05, 3.63) is 93.8 Å². The highest BCUT2D eigenvalue weighted by molar-refractivity contribution is 7.14. The van der Waals surface area contributed by atoms with Crippen molar-refractivity contribution in [3.63, 3.8) is 0 Å². The molecule has 0 aliphatic carbocycles. The van der Waals surface area contributed by atoms with Crippen LogP contribution in [0.3, 0.4) is 0 Å². The van der Waals surface area contributed by atoms with Gasteiger partial charge >= 0.3 is 0 Å². The zero-order valence-electron chi connectivity index (χ0n) is 17.6. The van der Waals surface area contributed by atoms with Gasteiger partial charge in [-0.3, -0.25) is 9.69 Å². The van der Waals surface area contributed by atoms with Gasteiger partial charge < -0.3 is 10.6 Å². The van der Waals surface area contributed by atoms with Crippen molar-refractivity contribution >= 4 is 50.2 Å². The number of halogens is 1. The van der Waals surface area contributed by atoms with Crippen molar-refractivity contribution in [2.45, 2.75) is 6.54 Å². The summed E-state index contributed by atoms with van der Waals surface area (Å²) >= 11 is 7.41. The predicted molar refractivity (Wildman–Crippen MR) is 135 cm³/mol. The number of ketones is 1. The molecule has 5 rings (SSSR count). The monoisotopic (exact) mass is 461 g/mol. The summed E-state index contributed by atoms with van der Waals surface area (Å²) in [4.78, 5) is 18.0. The van der Waals surface area contributed by atoms with Crippen LogP contribution >= 0.6 is 22.9 Å². The summed E-state index contributed by atoms with van der Waals surface area (Å²) in [5, 5.41) is 5.78. The van der Waals surface area contributed by atoms with Gasteiger partial charge in [-0.2, -0.15) is 0 Å². The molecule has 0 spiro atoms. The molecule has 3 aromatic carbocycles. The molecule has 0 bridgehead atoms. The molecule has 0 amide bonds. The van der Waals surface area contributed by atoms with Crippen LogP contribution in [-0.2, 0) is 6.54 Å². The van der Waals surface area contributed by atoms with Gasteiger partial charge in [0.1, 0.15) is 0 Å². The number of carbonyl (C=O) groups excluding carboxylic acids is 1. The molecule has 0 atom stereocenters. The molecule has 1 aliphatic rings. The number of rotatable bonds is 5. The number of nitrogen functional groups attached to an aromatic ring is 1. The van der Waals surface area contributed by atoms with Crippen LogP contribution in [0.25, 0.3) is 10.8 Å². The van der Waals surface area contributed by atoms with E-state index >= 15 is 0 Å². The number of carbonyl (C=O) groups is 1. The molecule has 0 radical (unpaired) electrons. The SMILES string of the molecule is Nc1scc(CN2CCN(c3cccc4ccccc34)CC2)c1C(=O)c1ccc(Cl)cc1. The molecular weight excluding hydrogens is 438 g/mol. The molecule has 2 heterocycles. The summed E-state index contributed by atoms with van der Waals surface area (Å²) in [6.45, 7) is 4.51. The molecule has 1 fully saturated rings. The van der Waals surface area contributed by atoms with Crippen LogP contribution in [0.1, 0.15) is 21.5 Å². The van der Waals surface area contributed by atoms with Crippen LogP contribution in [0.4, 0.5) is 10.7 Å². The van der Waals surface area contributed by atoms with Gasteiger partial charge in [-0.1, -0.05) is 48.0 Å². The second-order valence-electron chi connectivity index (χ2n) is 8.10. The maximum Gasteiger partial charge on any atom is 0.196 e. The van der Waals surface area contributed by atoms with Gasteiger partial charge in [-0.05, 0) is 46.7 Å². The number of nitrogens with zero attached hydrogens (tertiary/aromatic N) is 2. The number of benzene rings is 3. The van der Waals surface area contributed by atoms with Crippen LogP contribution in [0.15, 0.2) is 72.1 Å². The Morgan fingerprint density at radius 1 is 0.938 bits per heavy atom. The van der Waals surface area contributed by atoms with E-state index in [1.165, 1.54) is 27.8 Å². The molecule has 4 nitrogen and oxygen atoms in total. The van der Waals surface area contributed by atoms with Crippen LogP contribution < -0.4 is 10.6 Å². The summed E-state index contributed by atoms with van der Waals surface area (Å²) in [6.07, 6.45) is 0. The highest BCUT2D eigenvalue weighted by Gasteiger charge is 2.23. The Morgan fingerprint density at radius 2 is 1.66 bits per heavy atom. The Morgan fingerprint density at radius 3 is 2.44 bits per heavy atom. The Hall–Kier alpha value is -2.86. The lowest BCUT2D eigenvalue weighted by molar-refractivity contribution is 0.103. The van der Waals surface area contributed by atoms with Gasteiger partial charge in [0, 0.05) is 54.4 Å². The van der Waals surface area contributed by atoms with E-state index in [-0.39, 0.29) is 5.78 Å². The number of hydrogen-bond acceptors (Lipinski definition) is 5. The number of thiophene rings is 1. The van der Waals surface area contributed by atoms with Gasteiger partial charge in [0.15, 0.2) is 5.78 Å². The highest BCUT2D eigenvalue weighted by Crippen LogP contribution is 2.31. The van der Waals surface area contributed by atoms with Gasteiger partial charge in [0.25, 0.3) is 0 Å². The van der Waals surface area contributed by atoms with Crippen LogP contribution in [0.2, 0.25) is 5.02 Å². The standard InChI is InChI=1S/C26H24ClN3OS/c27-21-10-8-19(9-11-21)25(31)24-20(17-32-26(24)28)16-29-12-14-30(15-13-29)23-7-3-5-18-4-1-2-6-22(18)23/h1-11,17H,12-16,28H2. The quantitative estimate of drug-likeness (QED) is 0.388. The first kappa shape index (κ1) is 21.0.